The molecule has 0 fully saturated rings. The fourth-order valence-electron chi connectivity index (χ4n) is 1.54. The van der Waals surface area contributed by atoms with Gasteiger partial charge in [0.1, 0.15) is 0 Å². The maximum atomic E-state index is 4.60. The van der Waals surface area contributed by atoms with Gasteiger partial charge in [-0.2, -0.15) is 5.10 Å². The van der Waals surface area contributed by atoms with Crippen LogP contribution in [0.25, 0.3) is 11.4 Å². The molecule has 0 radical (unpaired) electrons. The van der Waals surface area contributed by atoms with E-state index in [9.17, 15) is 0 Å². The number of benzene rings is 1. The van der Waals surface area contributed by atoms with Crippen molar-refractivity contribution in [2.75, 3.05) is 0 Å². The SMILES string of the molecule is Cn1nc(C(C)(C)C)nc1-c1ccccc1. The molecule has 0 saturated carbocycles. The summed E-state index contributed by atoms with van der Waals surface area (Å²) in [5.41, 5.74) is 1.10. The zero-order valence-electron chi connectivity index (χ0n) is 10.2. The molecule has 0 aliphatic heterocycles. The van der Waals surface area contributed by atoms with Crippen molar-refractivity contribution < 1.29 is 0 Å². The lowest BCUT2D eigenvalue weighted by Crippen LogP contribution is -2.13. The number of aromatic nitrogens is 3. The van der Waals surface area contributed by atoms with E-state index in [0.717, 1.165) is 17.2 Å². The fourth-order valence-corrected chi connectivity index (χ4v) is 1.54. The van der Waals surface area contributed by atoms with Gasteiger partial charge in [-0.25, -0.2) is 9.67 Å². The molecule has 0 unspecified atom stereocenters. The van der Waals surface area contributed by atoms with Gasteiger partial charge in [-0.05, 0) is 0 Å². The van der Waals surface area contributed by atoms with E-state index in [4.69, 9.17) is 0 Å². The largest absolute Gasteiger partial charge is 0.249 e. The molecule has 1 aromatic carbocycles. The summed E-state index contributed by atoms with van der Waals surface area (Å²) in [7, 11) is 1.94. The minimum Gasteiger partial charge on any atom is -0.249 e. The van der Waals surface area contributed by atoms with Crippen LogP contribution in [-0.2, 0) is 12.5 Å². The van der Waals surface area contributed by atoms with Crippen LogP contribution in [0, 0.1) is 0 Å². The van der Waals surface area contributed by atoms with Crippen LogP contribution < -0.4 is 0 Å². The zero-order valence-corrected chi connectivity index (χ0v) is 10.2. The third-order valence-corrected chi connectivity index (χ3v) is 2.47. The third-order valence-electron chi connectivity index (χ3n) is 2.47. The normalized spacial score (nSPS) is 11.8. The molecule has 0 saturated heterocycles. The lowest BCUT2D eigenvalue weighted by Gasteiger charge is -2.11. The number of nitrogens with zero attached hydrogens (tertiary/aromatic N) is 3. The smallest absolute Gasteiger partial charge is 0.158 e. The number of rotatable bonds is 1. The van der Waals surface area contributed by atoms with Crippen LogP contribution >= 0.6 is 0 Å². The molecule has 3 nitrogen and oxygen atoms in total. The molecule has 0 N–H and O–H groups in total. The van der Waals surface area contributed by atoms with Gasteiger partial charge < -0.3 is 0 Å². The summed E-state index contributed by atoms with van der Waals surface area (Å²) in [6.07, 6.45) is 0. The van der Waals surface area contributed by atoms with Gasteiger partial charge in [0, 0.05) is 18.0 Å². The molecule has 2 rings (SSSR count). The summed E-state index contributed by atoms with van der Waals surface area (Å²) in [6, 6.07) is 10.1. The average molecular weight is 215 g/mol. The molecular formula is C13H17N3. The van der Waals surface area contributed by atoms with Gasteiger partial charge >= 0.3 is 0 Å². The van der Waals surface area contributed by atoms with E-state index >= 15 is 0 Å². The Morgan fingerprint density at radius 2 is 1.69 bits per heavy atom. The maximum absolute atomic E-state index is 4.60. The Morgan fingerprint density at radius 1 is 1.06 bits per heavy atom. The highest BCUT2D eigenvalue weighted by Crippen LogP contribution is 2.22. The van der Waals surface area contributed by atoms with Crippen molar-refractivity contribution in [2.24, 2.45) is 7.05 Å². The molecule has 0 aliphatic rings. The Hall–Kier alpha value is -1.64. The predicted molar refractivity (Wildman–Crippen MR) is 65.1 cm³/mol. The van der Waals surface area contributed by atoms with E-state index in [1.807, 2.05) is 29.9 Å². The summed E-state index contributed by atoms with van der Waals surface area (Å²) in [6.45, 7) is 6.37. The molecular weight excluding hydrogens is 198 g/mol. The maximum Gasteiger partial charge on any atom is 0.158 e. The van der Waals surface area contributed by atoms with Crippen molar-refractivity contribution in [3.8, 4) is 11.4 Å². The molecule has 84 valence electrons. The van der Waals surface area contributed by atoms with Gasteiger partial charge in [0.25, 0.3) is 0 Å². The summed E-state index contributed by atoms with van der Waals surface area (Å²) >= 11 is 0. The minimum absolute atomic E-state index is 0.00914. The topological polar surface area (TPSA) is 30.7 Å². The Morgan fingerprint density at radius 3 is 2.19 bits per heavy atom. The van der Waals surface area contributed by atoms with Gasteiger partial charge in [-0.1, -0.05) is 51.1 Å². The van der Waals surface area contributed by atoms with Crippen LogP contribution in [-0.4, -0.2) is 14.8 Å². The van der Waals surface area contributed by atoms with Crippen LogP contribution in [0.5, 0.6) is 0 Å². The lowest BCUT2D eigenvalue weighted by molar-refractivity contribution is 0.538. The quantitative estimate of drug-likeness (QED) is 0.732. The Bertz CT molecular complexity index is 478. The van der Waals surface area contributed by atoms with Crippen molar-refractivity contribution in [1.29, 1.82) is 0 Å². The second kappa shape index (κ2) is 3.74. The van der Waals surface area contributed by atoms with Gasteiger partial charge in [0.2, 0.25) is 0 Å². The van der Waals surface area contributed by atoms with Crippen LogP contribution in [0.3, 0.4) is 0 Å². The molecule has 16 heavy (non-hydrogen) atoms. The van der Waals surface area contributed by atoms with E-state index in [2.05, 4.69) is 43.0 Å². The molecule has 3 heteroatoms. The number of hydrogen-bond donors (Lipinski definition) is 0. The van der Waals surface area contributed by atoms with Crippen LogP contribution in [0.1, 0.15) is 26.6 Å². The summed E-state index contributed by atoms with van der Waals surface area (Å²) in [4.78, 5) is 4.60. The average Bonchev–Trinajstić information content (AvgIpc) is 2.61. The van der Waals surface area contributed by atoms with E-state index in [1.165, 1.54) is 0 Å². The van der Waals surface area contributed by atoms with E-state index < -0.39 is 0 Å². The van der Waals surface area contributed by atoms with Crippen molar-refractivity contribution in [3.63, 3.8) is 0 Å². The van der Waals surface area contributed by atoms with E-state index in [0.29, 0.717) is 0 Å². The molecule has 2 aromatic rings. The van der Waals surface area contributed by atoms with Crippen molar-refractivity contribution >= 4 is 0 Å². The van der Waals surface area contributed by atoms with Gasteiger partial charge in [0.05, 0.1) is 0 Å². The Balaban J connectivity index is 2.48. The van der Waals surface area contributed by atoms with E-state index in [1.54, 1.807) is 0 Å². The molecule has 1 heterocycles. The van der Waals surface area contributed by atoms with Crippen molar-refractivity contribution in [1.82, 2.24) is 14.8 Å². The molecule has 0 bridgehead atoms. The summed E-state index contributed by atoms with van der Waals surface area (Å²) < 4.78 is 1.84. The molecule has 0 aliphatic carbocycles. The highest BCUT2D eigenvalue weighted by Gasteiger charge is 2.21. The van der Waals surface area contributed by atoms with Crippen LogP contribution in [0.15, 0.2) is 30.3 Å². The first-order valence-electron chi connectivity index (χ1n) is 5.45. The van der Waals surface area contributed by atoms with E-state index in [-0.39, 0.29) is 5.41 Å². The number of aryl methyl sites for hydroxylation is 1. The van der Waals surface area contributed by atoms with Gasteiger partial charge in [0.15, 0.2) is 11.6 Å². The molecule has 0 amide bonds. The minimum atomic E-state index is -0.00914. The fraction of sp³-hybridized carbons (Fsp3) is 0.385. The second-order valence-corrected chi connectivity index (χ2v) is 5.00. The highest BCUT2D eigenvalue weighted by molar-refractivity contribution is 5.54. The molecule has 1 aromatic heterocycles. The standard InChI is InChI=1S/C13H17N3/c1-13(2,3)12-14-11(16(4)15-12)10-8-6-5-7-9-10/h5-9H,1-4H3. The third kappa shape index (κ3) is 1.98. The van der Waals surface area contributed by atoms with Gasteiger partial charge in [-0.15, -0.1) is 0 Å². The van der Waals surface area contributed by atoms with Crippen LogP contribution in [0.4, 0.5) is 0 Å². The monoisotopic (exact) mass is 215 g/mol. The Labute approximate surface area is 96.1 Å². The van der Waals surface area contributed by atoms with Gasteiger partial charge in [-0.3, -0.25) is 0 Å². The predicted octanol–water partition coefficient (Wildman–Crippen LogP) is 2.78. The van der Waals surface area contributed by atoms with Crippen molar-refractivity contribution in [2.45, 2.75) is 26.2 Å². The molecule has 0 atom stereocenters. The Kier molecular flexibility index (Phi) is 2.54. The zero-order chi connectivity index (χ0) is 11.8. The first-order valence-corrected chi connectivity index (χ1v) is 5.45. The number of hydrogen-bond acceptors (Lipinski definition) is 2. The molecule has 0 spiro atoms. The second-order valence-electron chi connectivity index (χ2n) is 5.00. The van der Waals surface area contributed by atoms with Crippen LogP contribution in [0.2, 0.25) is 0 Å². The summed E-state index contributed by atoms with van der Waals surface area (Å²) in [5.74, 6) is 1.80. The highest BCUT2D eigenvalue weighted by atomic mass is 15.3. The van der Waals surface area contributed by atoms with Crippen molar-refractivity contribution in [3.05, 3.63) is 36.2 Å². The summed E-state index contributed by atoms with van der Waals surface area (Å²) in [5, 5.41) is 4.46. The first kappa shape index (κ1) is 10.9. The first-order chi connectivity index (χ1) is 7.48. The lowest BCUT2D eigenvalue weighted by atomic mass is 9.96.